The number of benzene rings is 2. The predicted octanol–water partition coefficient (Wildman–Crippen LogP) is 3.86. The first-order valence-electron chi connectivity index (χ1n) is 7.58. The average molecular weight is 372 g/mol. The molecule has 3 amide bonds. The number of amides is 3. The van der Waals surface area contributed by atoms with Gasteiger partial charge in [-0.15, -0.1) is 11.8 Å². The van der Waals surface area contributed by atoms with E-state index in [1.165, 1.54) is 4.90 Å². The summed E-state index contributed by atoms with van der Waals surface area (Å²) >= 11 is 2.64. The van der Waals surface area contributed by atoms with Crippen LogP contribution in [0.5, 0.6) is 0 Å². The lowest BCUT2D eigenvalue weighted by Crippen LogP contribution is -2.28. The molecule has 0 spiro atoms. The Labute approximate surface area is 154 Å². The molecule has 0 radical (unpaired) electrons. The lowest BCUT2D eigenvalue weighted by Gasteiger charge is -2.13. The lowest BCUT2D eigenvalue weighted by atomic mass is 10.1. The van der Waals surface area contributed by atoms with Crippen LogP contribution in [0.3, 0.4) is 0 Å². The minimum absolute atomic E-state index is 0.186. The van der Waals surface area contributed by atoms with Crippen LogP contribution in [0, 0.1) is 0 Å². The predicted molar refractivity (Wildman–Crippen MR) is 101 cm³/mol. The van der Waals surface area contributed by atoms with Gasteiger partial charge in [0.15, 0.2) is 0 Å². The van der Waals surface area contributed by atoms with Crippen molar-refractivity contribution < 1.29 is 14.4 Å². The van der Waals surface area contributed by atoms with Crippen molar-refractivity contribution in [3.05, 3.63) is 59.7 Å². The van der Waals surface area contributed by atoms with E-state index in [-0.39, 0.29) is 29.4 Å². The van der Waals surface area contributed by atoms with Crippen molar-refractivity contribution in [2.45, 2.75) is 11.4 Å². The second-order valence-electron chi connectivity index (χ2n) is 5.42. The Bertz CT molecular complexity index is 805. The van der Waals surface area contributed by atoms with Crippen LogP contribution in [0.25, 0.3) is 0 Å². The molecule has 128 valence electrons. The van der Waals surface area contributed by atoms with Gasteiger partial charge in [-0.05, 0) is 48.2 Å². The number of imide groups is 1. The fraction of sp³-hybridized carbons (Fsp3) is 0.167. The molecule has 0 aromatic heterocycles. The number of rotatable bonds is 5. The molecule has 0 saturated carbocycles. The van der Waals surface area contributed by atoms with E-state index in [1.54, 1.807) is 36.0 Å². The fourth-order valence-corrected chi connectivity index (χ4v) is 3.54. The van der Waals surface area contributed by atoms with Gasteiger partial charge in [0.05, 0.1) is 12.3 Å². The quantitative estimate of drug-likeness (QED) is 0.808. The minimum atomic E-state index is -0.242. The van der Waals surface area contributed by atoms with Gasteiger partial charge < -0.3 is 5.32 Å². The van der Waals surface area contributed by atoms with Gasteiger partial charge in [0.2, 0.25) is 5.91 Å². The second kappa shape index (κ2) is 7.76. The van der Waals surface area contributed by atoms with Gasteiger partial charge in [0.1, 0.15) is 0 Å². The van der Waals surface area contributed by atoms with Crippen LogP contribution < -0.4 is 5.32 Å². The number of carbonyl (C=O) groups is 3. The van der Waals surface area contributed by atoms with Crippen molar-refractivity contribution in [1.29, 1.82) is 0 Å². The number of hydrogen-bond acceptors (Lipinski definition) is 5. The number of thioether (sulfide) groups is 2. The highest BCUT2D eigenvalue weighted by Crippen LogP contribution is 2.22. The molecule has 3 rings (SSSR count). The molecule has 25 heavy (non-hydrogen) atoms. The van der Waals surface area contributed by atoms with Crippen LogP contribution in [0.15, 0.2) is 53.4 Å². The Morgan fingerprint density at radius 3 is 2.60 bits per heavy atom. The number of carbonyl (C=O) groups excluding carboxylic acids is 3. The molecule has 0 aliphatic carbocycles. The van der Waals surface area contributed by atoms with Gasteiger partial charge in [-0.1, -0.05) is 23.9 Å². The van der Waals surface area contributed by atoms with E-state index in [1.807, 2.05) is 30.5 Å². The van der Waals surface area contributed by atoms with E-state index in [4.69, 9.17) is 0 Å². The third-order valence-electron chi connectivity index (χ3n) is 3.72. The number of nitrogens with one attached hydrogen (secondary N) is 1. The standard InChI is InChI=1S/C18H16N2O3S2/c1-24-15-7-5-14(6-8-15)19-17(22)13-4-2-3-12(9-13)10-20-16(21)11-25-18(20)23/h2-9H,10-11H2,1H3,(H,19,22). The molecular formula is C18H16N2O3S2. The Morgan fingerprint density at radius 2 is 1.96 bits per heavy atom. The third-order valence-corrected chi connectivity index (χ3v) is 5.32. The maximum atomic E-state index is 12.4. The van der Waals surface area contributed by atoms with Gasteiger partial charge in [0, 0.05) is 16.1 Å². The highest BCUT2D eigenvalue weighted by atomic mass is 32.2. The molecule has 1 N–H and O–H groups in total. The van der Waals surface area contributed by atoms with E-state index < -0.39 is 0 Å². The Hall–Kier alpha value is -2.25. The van der Waals surface area contributed by atoms with Crippen LogP contribution in [-0.4, -0.2) is 34.0 Å². The maximum absolute atomic E-state index is 12.4. The Balaban J connectivity index is 1.70. The first-order valence-corrected chi connectivity index (χ1v) is 9.79. The van der Waals surface area contributed by atoms with Crippen molar-refractivity contribution in [2.24, 2.45) is 0 Å². The Morgan fingerprint density at radius 1 is 1.20 bits per heavy atom. The van der Waals surface area contributed by atoms with Crippen LogP contribution in [0.2, 0.25) is 0 Å². The van der Waals surface area contributed by atoms with E-state index in [0.717, 1.165) is 27.9 Å². The molecular weight excluding hydrogens is 356 g/mol. The lowest BCUT2D eigenvalue weighted by molar-refractivity contribution is -0.125. The summed E-state index contributed by atoms with van der Waals surface area (Å²) in [7, 11) is 0. The summed E-state index contributed by atoms with van der Waals surface area (Å²) in [4.78, 5) is 38.1. The van der Waals surface area contributed by atoms with Gasteiger partial charge in [-0.3, -0.25) is 19.3 Å². The zero-order chi connectivity index (χ0) is 17.8. The van der Waals surface area contributed by atoms with Crippen molar-refractivity contribution in [3.63, 3.8) is 0 Å². The summed E-state index contributed by atoms with van der Waals surface area (Å²) < 4.78 is 0. The van der Waals surface area contributed by atoms with Crippen LogP contribution in [0.4, 0.5) is 10.5 Å². The largest absolute Gasteiger partial charge is 0.322 e. The van der Waals surface area contributed by atoms with E-state index in [0.29, 0.717) is 5.56 Å². The molecule has 1 aliphatic rings. The summed E-state index contributed by atoms with van der Waals surface area (Å²) in [5.41, 5.74) is 1.95. The summed E-state index contributed by atoms with van der Waals surface area (Å²) in [6, 6.07) is 14.6. The molecule has 0 unspecified atom stereocenters. The zero-order valence-corrected chi connectivity index (χ0v) is 15.2. The van der Waals surface area contributed by atoms with Crippen LogP contribution >= 0.6 is 23.5 Å². The van der Waals surface area contributed by atoms with E-state index in [9.17, 15) is 14.4 Å². The monoisotopic (exact) mass is 372 g/mol. The maximum Gasteiger partial charge on any atom is 0.289 e. The molecule has 2 aromatic rings. The fourth-order valence-electron chi connectivity index (χ4n) is 2.40. The normalized spacial score (nSPS) is 14.0. The molecule has 1 saturated heterocycles. The van der Waals surface area contributed by atoms with E-state index >= 15 is 0 Å². The minimum Gasteiger partial charge on any atom is -0.322 e. The van der Waals surface area contributed by atoms with Gasteiger partial charge in [-0.2, -0.15) is 0 Å². The first-order chi connectivity index (χ1) is 12.1. The van der Waals surface area contributed by atoms with Gasteiger partial charge in [0.25, 0.3) is 11.1 Å². The molecule has 1 heterocycles. The molecule has 0 bridgehead atoms. The van der Waals surface area contributed by atoms with E-state index in [2.05, 4.69) is 5.32 Å². The number of nitrogens with zero attached hydrogens (tertiary/aromatic N) is 1. The van der Waals surface area contributed by atoms with Crippen LogP contribution in [-0.2, 0) is 11.3 Å². The number of hydrogen-bond donors (Lipinski definition) is 1. The smallest absolute Gasteiger partial charge is 0.289 e. The molecule has 1 fully saturated rings. The summed E-state index contributed by atoms with van der Waals surface area (Å²) in [6.07, 6.45) is 1.99. The van der Waals surface area contributed by atoms with Gasteiger partial charge in [-0.25, -0.2) is 0 Å². The van der Waals surface area contributed by atoms with Crippen molar-refractivity contribution in [3.8, 4) is 0 Å². The highest BCUT2D eigenvalue weighted by Gasteiger charge is 2.29. The van der Waals surface area contributed by atoms with Gasteiger partial charge >= 0.3 is 0 Å². The summed E-state index contributed by atoms with van der Waals surface area (Å²) in [5, 5.41) is 2.61. The molecule has 7 heteroatoms. The third kappa shape index (κ3) is 4.24. The summed E-state index contributed by atoms with van der Waals surface area (Å²) in [6.45, 7) is 0.189. The zero-order valence-electron chi connectivity index (χ0n) is 13.5. The molecule has 5 nitrogen and oxygen atoms in total. The Kier molecular flexibility index (Phi) is 5.45. The average Bonchev–Trinajstić information content (AvgIpc) is 2.94. The highest BCUT2D eigenvalue weighted by molar-refractivity contribution is 8.14. The molecule has 1 aliphatic heterocycles. The van der Waals surface area contributed by atoms with Crippen molar-refractivity contribution >= 4 is 46.3 Å². The first kappa shape index (κ1) is 17.6. The van der Waals surface area contributed by atoms with Crippen molar-refractivity contribution in [1.82, 2.24) is 4.90 Å². The topological polar surface area (TPSA) is 66.5 Å². The van der Waals surface area contributed by atoms with Crippen LogP contribution in [0.1, 0.15) is 15.9 Å². The SMILES string of the molecule is CSc1ccc(NC(=O)c2cccc(CN3C(=O)CSC3=O)c2)cc1. The number of anilines is 1. The summed E-state index contributed by atoms with van der Waals surface area (Å²) in [5.74, 6) is -0.239. The molecule has 2 aromatic carbocycles. The molecule has 0 atom stereocenters. The second-order valence-corrected chi connectivity index (χ2v) is 7.22. The van der Waals surface area contributed by atoms with Crippen molar-refractivity contribution in [2.75, 3.05) is 17.3 Å².